The summed E-state index contributed by atoms with van der Waals surface area (Å²) in [6, 6.07) is 9.41. The molecule has 4 N–H and O–H groups in total. The average molecular weight is 308 g/mol. The molecule has 0 aliphatic carbocycles. The van der Waals surface area contributed by atoms with E-state index < -0.39 is 11.7 Å². The van der Waals surface area contributed by atoms with Gasteiger partial charge in [-0.2, -0.15) is 0 Å². The van der Waals surface area contributed by atoms with Crippen LogP contribution in [0.15, 0.2) is 36.4 Å². The average Bonchev–Trinajstić information content (AvgIpc) is 2.44. The van der Waals surface area contributed by atoms with Crippen molar-refractivity contribution < 1.29 is 13.9 Å². The Morgan fingerprint density at radius 3 is 2.52 bits per heavy atom. The number of ether oxygens (including phenoxy) is 1. The molecule has 2 rings (SSSR count). The zero-order valence-electron chi connectivity index (χ0n) is 11.0. The minimum atomic E-state index is -0.652. The van der Waals surface area contributed by atoms with Crippen molar-refractivity contribution in [2.45, 2.75) is 6.42 Å². The summed E-state index contributed by atoms with van der Waals surface area (Å²) >= 11 is 5.95. The standard InChI is InChI=1S/C15H13ClFN2O2/c16-12-7-1-9(2-8-13(19)20)14(17)15(12)21-11-5-3-10(18)4-6-11/h1-7H,8,18H2,(H2,19,20). The Bertz CT molecular complexity index is 659. The van der Waals surface area contributed by atoms with Crippen molar-refractivity contribution in [3.05, 3.63) is 59.2 Å². The lowest BCUT2D eigenvalue weighted by molar-refractivity contribution is -0.117. The van der Waals surface area contributed by atoms with Crippen LogP contribution in [0.25, 0.3) is 0 Å². The quantitative estimate of drug-likeness (QED) is 0.832. The Hall–Kier alpha value is -2.27. The Morgan fingerprint density at radius 2 is 1.90 bits per heavy atom. The first-order valence-corrected chi connectivity index (χ1v) is 6.48. The number of rotatable bonds is 5. The largest absolute Gasteiger partial charge is 0.453 e. The van der Waals surface area contributed by atoms with Crippen LogP contribution in [0.4, 0.5) is 10.1 Å². The van der Waals surface area contributed by atoms with Crippen LogP contribution >= 0.6 is 11.6 Å². The van der Waals surface area contributed by atoms with Crippen LogP contribution in [-0.2, 0) is 4.79 Å². The molecule has 1 amide bonds. The maximum Gasteiger partial charge on any atom is 0.218 e. The number of benzene rings is 2. The highest BCUT2D eigenvalue weighted by Gasteiger charge is 2.15. The van der Waals surface area contributed by atoms with Crippen LogP contribution in [-0.4, -0.2) is 5.91 Å². The summed E-state index contributed by atoms with van der Waals surface area (Å²) in [6.45, 7) is 0. The fourth-order valence-electron chi connectivity index (χ4n) is 1.66. The van der Waals surface area contributed by atoms with E-state index in [1.54, 1.807) is 24.3 Å². The number of halogens is 2. The molecule has 0 atom stereocenters. The Balaban J connectivity index is 2.27. The Labute approximate surface area is 126 Å². The van der Waals surface area contributed by atoms with Gasteiger partial charge in [-0.15, -0.1) is 0 Å². The van der Waals surface area contributed by atoms with Gasteiger partial charge in [0.2, 0.25) is 5.91 Å². The minimum absolute atomic E-state index is 0.0696. The highest BCUT2D eigenvalue weighted by molar-refractivity contribution is 6.32. The van der Waals surface area contributed by atoms with Gasteiger partial charge in [-0.1, -0.05) is 17.7 Å². The SMILES string of the molecule is NC(=O)C[CH]c1ccc(Cl)c(Oc2ccc(N)cc2)c1F. The molecule has 0 aliphatic rings. The van der Waals surface area contributed by atoms with Crippen LogP contribution in [0.2, 0.25) is 5.02 Å². The van der Waals surface area contributed by atoms with Gasteiger partial charge in [0.05, 0.1) is 5.02 Å². The van der Waals surface area contributed by atoms with E-state index in [1.165, 1.54) is 18.6 Å². The number of carbonyl (C=O) groups is 1. The van der Waals surface area contributed by atoms with Crippen LogP contribution in [0.5, 0.6) is 11.5 Å². The smallest absolute Gasteiger partial charge is 0.218 e. The number of anilines is 1. The fourth-order valence-corrected chi connectivity index (χ4v) is 1.85. The van der Waals surface area contributed by atoms with E-state index in [0.29, 0.717) is 11.4 Å². The van der Waals surface area contributed by atoms with E-state index in [-0.39, 0.29) is 22.8 Å². The third-order valence-electron chi connectivity index (χ3n) is 2.70. The van der Waals surface area contributed by atoms with E-state index in [9.17, 15) is 9.18 Å². The number of carbonyl (C=O) groups excluding carboxylic acids is 1. The van der Waals surface area contributed by atoms with Gasteiger partial charge in [0.1, 0.15) is 5.75 Å². The highest BCUT2D eigenvalue weighted by Crippen LogP contribution is 2.34. The lowest BCUT2D eigenvalue weighted by atomic mass is 10.1. The van der Waals surface area contributed by atoms with E-state index in [2.05, 4.69) is 0 Å². The number of hydrogen-bond donors (Lipinski definition) is 2. The number of amides is 1. The number of nitrogen functional groups attached to an aromatic ring is 1. The second-order valence-corrected chi connectivity index (χ2v) is 4.73. The molecule has 0 saturated heterocycles. The normalized spacial score (nSPS) is 10.4. The van der Waals surface area contributed by atoms with Crippen LogP contribution < -0.4 is 16.2 Å². The van der Waals surface area contributed by atoms with Crippen molar-refractivity contribution in [1.29, 1.82) is 0 Å². The van der Waals surface area contributed by atoms with Gasteiger partial charge < -0.3 is 16.2 Å². The molecular formula is C15H13ClFN2O2. The van der Waals surface area contributed by atoms with Crippen LogP contribution in [0.3, 0.4) is 0 Å². The molecule has 0 aromatic heterocycles. The number of primary amides is 1. The molecule has 0 heterocycles. The number of hydrogen-bond acceptors (Lipinski definition) is 3. The summed E-state index contributed by atoms with van der Waals surface area (Å²) in [5, 5.41) is 0.126. The van der Waals surface area contributed by atoms with Crippen molar-refractivity contribution in [3.8, 4) is 11.5 Å². The van der Waals surface area contributed by atoms with Crippen molar-refractivity contribution >= 4 is 23.2 Å². The zero-order valence-corrected chi connectivity index (χ0v) is 11.7. The summed E-state index contributed by atoms with van der Waals surface area (Å²) in [5.74, 6) is -0.914. The van der Waals surface area contributed by atoms with Gasteiger partial charge in [-0.05, 0) is 35.9 Å². The van der Waals surface area contributed by atoms with Gasteiger partial charge in [0.15, 0.2) is 11.6 Å². The predicted octanol–water partition coefficient (Wildman–Crippen LogP) is 3.28. The summed E-state index contributed by atoms with van der Waals surface area (Å²) in [4.78, 5) is 10.8. The lowest BCUT2D eigenvalue weighted by Crippen LogP contribution is -2.10. The van der Waals surface area contributed by atoms with Gasteiger partial charge >= 0.3 is 0 Å². The van der Waals surface area contributed by atoms with E-state index in [0.717, 1.165) is 0 Å². The summed E-state index contributed by atoms with van der Waals surface area (Å²) < 4.78 is 19.8. The topological polar surface area (TPSA) is 78.3 Å². The molecule has 0 bridgehead atoms. The van der Waals surface area contributed by atoms with Gasteiger partial charge in [0.25, 0.3) is 0 Å². The van der Waals surface area contributed by atoms with Crippen LogP contribution in [0.1, 0.15) is 12.0 Å². The molecule has 0 unspecified atom stereocenters. The van der Waals surface area contributed by atoms with Crippen molar-refractivity contribution in [2.24, 2.45) is 5.73 Å². The van der Waals surface area contributed by atoms with Gasteiger partial charge in [-0.3, -0.25) is 4.79 Å². The van der Waals surface area contributed by atoms with Gasteiger partial charge in [0, 0.05) is 18.5 Å². The van der Waals surface area contributed by atoms with Crippen molar-refractivity contribution in [2.75, 3.05) is 5.73 Å². The van der Waals surface area contributed by atoms with E-state index in [1.807, 2.05) is 0 Å². The molecular weight excluding hydrogens is 295 g/mol. The molecule has 6 heteroatoms. The predicted molar refractivity (Wildman–Crippen MR) is 79.6 cm³/mol. The molecule has 1 radical (unpaired) electrons. The minimum Gasteiger partial charge on any atom is -0.453 e. The summed E-state index contributed by atoms with van der Waals surface area (Å²) in [5.41, 5.74) is 11.4. The fraction of sp³-hybridized carbons (Fsp3) is 0.0667. The Kier molecular flexibility index (Phi) is 4.65. The first-order chi connectivity index (χ1) is 9.97. The van der Waals surface area contributed by atoms with E-state index in [4.69, 9.17) is 27.8 Å². The zero-order chi connectivity index (χ0) is 15.4. The third-order valence-corrected chi connectivity index (χ3v) is 3.00. The number of nitrogens with two attached hydrogens (primary N) is 2. The van der Waals surface area contributed by atoms with Gasteiger partial charge in [-0.25, -0.2) is 4.39 Å². The maximum absolute atomic E-state index is 14.3. The molecule has 0 fully saturated rings. The van der Waals surface area contributed by atoms with Crippen molar-refractivity contribution in [3.63, 3.8) is 0 Å². The maximum atomic E-state index is 14.3. The van der Waals surface area contributed by atoms with Crippen LogP contribution in [0, 0.1) is 12.2 Å². The molecule has 109 valence electrons. The highest BCUT2D eigenvalue weighted by atomic mass is 35.5. The second-order valence-electron chi connectivity index (χ2n) is 4.33. The van der Waals surface area contributed by atoms with Crippen molar-refractivity contribution in [1.82, 2.24) is 0 Å². The molecule has 21 heavy (non-hydrogen) atoms. The molecule has 0 aliphatic heterocycles. The summed E-state index contributed by atoms with van der Waals surface area (Å²) in [6.07, 6.45) is 1.31. The molecule has 4 nitrogen and oxygen atoms in total. The lowest BCUT2D eigenvalue weighted by Gasteiger charge is -2.11. The Morgan fingerprint density at radius 1 is 1.24 bits per heavy atom. The molecule has 2 aromatic carbocycles. The third kappa shape index (κ3) is 3.86. The second kappa shape index (κ2) is 6.45. The summed E-state index contributed by atoms with van der Waals surface area (Å²) in [7, 11) is 0. The first kappa shape index (κ1) is 15.1. The molecule has 2 aromatic rings. The first-order valence-electron chi connectivity index (χ1n) is 6.10. The monoisotopic (exact) mass is 307 g/mol. The molecule has 0 spiro atoms. The van der Waals surface area contributed by atoms with E-state index >= 15 is 0 Å². The molecule has 0 saturated carbocycles.